The molecule has 0 aliphatic carbocycles. The lowest BCUT2D eigenvalue weighted by atomic mass is 9.71. The van der Waals surface area contributed by atoms with Crippen molar-refractivity contribution < 1.29 is 106 Å². The lowest BCUT2D eigenvalue weighted by Gasteiger charge is -2.62. The second-order valence-electron chi connectivity index (χ2n) is 34.0. The third kappa shape index (κ3) is 13.7. The van der Waals surface area contributed by atoms with Crippen molar-refractivity contribution >= 4 is 53.6 Å². The van der Waals surface area contributed by atoms with E-state index < -0.39 is 106 Å². The van der Waals surface area contributed by atoms with E-state index in [1.165, 1.54) is 44.9 Å². The Morgan fingerprint density at radius 2 is 0.967 bits per heavy atom. The number of piperazine rings is 2. The van der Waals surface area contributed by atoms with Crippen molar-refractivity contribution in [2.75, 3.05) is 93.9 Å². The molecule has 14 aliphatic rings. The second kappa shape index (κ2) is 33.3. The minimum atomic E-state index is -1.45. The predicted molar refractivity (Wildman–Crippen MR) is 453 cm³/mol. The fourth-order valence-electron chi connectivity index (χ4n) is 21.2. The van der Waals surface area contributed by atoms with Crippen LogP contribution in [0, 0.1) is 50.4 Å². The lowest BCUT2D eigenvalue weighted by Crippen LogP contribution is -2.69. The molecule has 656 valence electrons. The van der Waals surface area contributed by atoms with E-state index >= 15 is 4.79 Å². The molecule has 0 saturated carbocycles. The van der Waals surface area contributed by atoms with Gasteiger partial charge in [0.1, 0.15) is 42.4 Å². The Kier molecular flexibility index (Phi) is 23.7. The molecule has 14 aliphatic heterocycles. The number of phenols is 3. The van der Waals surface area contributed by atoms with E-state index in [-0.39, 0.29) is 113 Å². The van der Waals surface area contributed by atoms with Gasteiger partial charge >= 0.3 is 30.0 Å². The molecule has 4 saturated heterocycles. The van der Waals surface area contributed by atoms with Crippen molar-refractivity contribution in [3.63, 3.8) is 0 Å². The fourth-order valence-corrected chi connectivity index (χ4v) is 24.6. The number of likely N-dealkylation sites (N-methyl/N-ethyl adjacent to an activating group) is 2. The number of phenolic OH excluding ortho intramolecular Hbond substituents is 3. The number of carbonyl (C=O) groups is 5. The molecule has 0 radical (unpaired) electrons. The van der Waals surface area contributed by atoms with Crippen molar-refractivity contribution in [3.05, 3.63) is 125 Å². The number of rotatable bonds is 11. The summed E-state index contributed by atoms with van der Waals surface area (Å²) in [6.45, 7) is 16.8. The Hall–Kier alpha value is -10.3. The number of ether oxygens (including phenoxy) is 14. The molecule has 20 rings (SSSR count). The molecular weight excluding hydrogens is 1620 g/mol. The third-order valence-electron chi connectivity index (χ3n) is 26.3. The first-order valence-electron chi connectivity index (χ1n) is 41.1. The first-order chi connectivity index (χ1) is 58.1. The Balaban J connectivity index is 0.000000189. The Bertz CT molecular complexity index is 5410. The van der Waals surface area contributed by atoms with Crippen LogP contribution in [0.25, 0.3) is 0 Å². The maximum atomic E-state index is 15.1. The monoisotopic (exact) mass is 1730 g/mol. The number of nitrogens with one attached hydrogen (secondary N) is 2. The maximum absolute atomic E-state index is 15.1. The van der Waals surface area contributed by atoms with Crippen LogP contribution in [0.4, 0.5) is 4.79 Å². The van der Waals surface area contributed by atoms with Gasteiger partial charge in [-0.25, -0.2) is 14.4 Å². The summed E-state index contributed by atoms with van der Waals surface area (Å²) in [5.74, 6) is 2.26. The highest BCUT2D eigenvalue weighted by Gasteiger charge is 2.65. The van der Waals surface area contributed by atoms with Crippen LogP contribution in [0.2, 0.25) is 0 Å². The van der Waals surface area contributed by atoms with Crippen LogP contribution in [0.5, 0.6) is 80.5 Å². The smallest absolute Gasteiger partial charge is 0.504 e. The van der Waals surface area contributed by atoms with Gasteiger partial charge in [-0.15, -0.1) is 23.5 Å². The number of aromatic hydroxyl groups is 3. The minimum absolute atomic E-state index is 0. The first-order valence-corrected chi connectivity index (χ1v) is 43.2. The van der Waals surface area contributed by atoms with Crippen molar-refractivity contribution in [3.8, 4) is 92.6 Å². The molecule has 6 aromatic rings. The quantitative estimate of drug-likeness (QED) is 0.0348. The van der Waals surface area contributed by atoms with Crippen molar-refractivity contribution in [1.82, 2.24) is 30.2 Å². The highest BCUT2D eigenvalue weighted by molar-refractivity contribution is 7.99. The number of carbonyl (C=O) groups excluding carboxylic acids is 5. The van der Waals surface area contributed by atoms with Crippen LogP contribution in [0.3, 0.4) is 0 Å². The van der Waals surface area contributed by atoms with E-state index in [9.17, 15) is 45.0 Å². The average molecular weight is 1730 g/mol. The standard InChI is InChI=1S/C47H54N4O12S.C42H46N4O10S.2CH4/c1-10-11-32(52)62-40-23(3)41-42(60-21-59-41)34-29-19-58-44(54)47(26-17-30(56-8)31(16-24(26)12-13-49-47)61-45(55)63-46(4,5)6)20-64-43(35(34)40)37-36-33-25(14-22(2)39(57-9)38(33)53)15-27(50(36)7)28(18-48)51(29)37;1-7-8-29(48)56-37-20(3)38-39(55-18-54-38)31-26-16-53-41(50)42(23-14-28(51-5)27(47)13-21(23)9-10-44-42)17-57-40(32(31)37)34-33-30-22(11-19(2)36(52-6)35(30)49)12-24(45(33)4)25(15-43)46(26)34;;/h14,16-17,27-29,36-37,43,49,53H,10-13,15,19-21H2,1-9H3;11,13-14,24-26,33-34,40,44,47,49H,7-10,12,16-18H2,1-6H3;2*1H4/t27-,28-,29-,36+,37?,43+,47+;24-,25-,26-,33+,34?,40+,42+;;/m00../s1. The third-order valence-corrected chi connectivity index (χ3v) is 29.2. The normalized spacial score (nSPS) is 27.0. The Morgan fingerprint density at radius 3 is 1.37 bits per heavy atom. The van der Waals surface area contributed by atoms with E-state index in [0.717, 1.165) is 33.4 Å². The minimum Gasteiger partial charge on any atom is -0.504 e. The summed E-state index contributed by atoms with van der Waals surface area (Å²) in [7, 11) is 9.98. The fraction of sp³-hybridized carbons (Fsp3) is 0.527. The molecule has 30 nitrogen and oxygen atoms in total. The van der Waals surface area contributed by atoms with Gasteiger partial charge < -0.3 is 81.6 Å². The second-order valence-corrected chi connectivity index (χ2v) is 36.2. The van der Waals surface area contributed by atoms with Crippen LogP contribution in [-0.2, 0) is 70.1 Å². The highest BCUT2D eigenvalue weighted by atomic mass is 32.2. The molecule has 2 unspecified atom stereocenters. The summed E-state index contributed by atoms with van der Waals surface area (Å²) < 4.78 is 84.6. The zero-order valence-electron chi connectivity index (χ0n) is 70.3. The van der Waals surface area contributed by atoms with Gasteiger partial charge in [0, 0.05) is 106 Å². The van der Waals surface area contributed by atoms with E-state index in [4.69, 9.17) is 66.3 Å². The number of benzene rings is 6. The summed E-state index contributed by atoms with van der Waals surface area (Å²) in [5.41, 5.74) is 7.84. The number of hydrogen-bond donors (Lipinski definition) is 5. The van der Waals surface area contributed by atoms with Gasteiger partial charge in [-0.05, 0) is 170 Å². The molecule has 5 N–H and O–H groups in total. The van der Waals surface area contributed by atoms with Crippen LogP contribution < -0.4 is 62.7 Å². The van der Waals surface area contributed by atoms with Crippen molar-refractivity contribution in [2.24, 2.45) is 0 Å². The molecule has 0 amide bonds. The van der Waals surface area contributed by atoms with E-state index in [1.54, 1.807) is 52.1 Å². The topological polar surface area (TPSA) is 360 Å². The Morgan fingerprint density at radius 1 is 0.545 bits per heavy atom. The number of nitriles is 2. The maximum Gasteiger partial charge on any atom is 0.514 e. The average Bonchev–Trinajstić information content (AvgIpc) is 1.09. The predicted octanol–water partition coefficient (Wildman–Crippen LogP) is 12.4. The summed E-state index contributed by atoms with van der Waals surface area (Å²) in [6.07, 6.45) is 2.63. The molecule has 32 heteroatoms. The van der Waals surface area contributed by atoms with Gasteiger partial charge in [-0.3, -0.25) is 39.8 Å². The molecule has 6 aromatic carbocycles. The summed E-state index contributed by atoms with van der Waals surface area (Å²) in [6, 6.07) is 10.5. The number of hydrogen-bond acceptors (Lipinski definition) is 32. The zero-order valence-corrected chi connectivity index (χ0v) is 71.9. The van der Waals surface area contributed by atoms with Crippen molar-refractivity contribution in [1.29, 1.82) is 10.5 Å². The zero-order chi connectivity index (χ0) is 85.6. The van der Waals surface area contributed by atoms with E-state index in [1.807, 2.05) is 67.8 Å². The molecule has 14 atom stereocenters. The van der Waals surface area contributed by atoms with Crippen LogP contribution in [-0.4, -0.2) is 201 Å². The van der Waals surface area contributed by atoms with Gasteiger partial charge in [0.15, 0.2) is 80.1 Å². The van der Waals surface area contributed by atoms with Crippen LogP contribution >= 0.6 is 23.5 Å². The van der Waals surface area contributed by atoms with Crippen LogP contribution in [0.1, 0.15) is 199 Å². The number of nitrogens with zero attached hydrogens (tertiary/aromatic N) is 6. The van der Waals surface area contributed by atoms with Gasteiger partial charge in [0.05, 0.1) is 75.2 Å². The van der Waals surface area contributed by atoms with E-state index in [0.29, 0.717) is 153 Å². The summed E-state index contributed by atoms with van der Waals surface area (Å²) in [5, 5.41) is 63.4. The van der Waals surface area contributed by atoms with Gasteiger partial charge in [-0.1, -0.05) is 40.8 Å². The highest BCUT2D eigenvalue weighted by Crippen LogP contribution is 2.68. The van der Waals surface area contributed by atoms with E-state index in [2.05, 4.69) is 42.4 Å². The SMILES string of the molecule is C.C.CCCC(=O)Oc1c(C)c2c(c3c1[C@H]1SC[C@]4(NCCc5cc(O)c(OC)cc54)C(=O)OC[C@@H]3N3C1[C@H]1c4c(cc(C)c(OC)c4O)C[C@@H]([C@@H]3C#N)N1C)OCO2.CCCC(=O)Oc1c(C)c2c(c3c1[C@H]1SC[C@]4(NCCc5cc(OC(=O)OC(C)(C)C)c(OC)cc54)C(=O)OC[C@@H]3N3C1[C@H]1c4c(cc(C)c(OC)c4O)C[C@@H]([C@@H]3C#N)N1C)OCO2. The lowest BCUT2D eigenvalue weighted by molar-refractivity contribution is -0.158. The molecule has 4 fully saturated rings. The molecule has 2 spiro atoms. The van der Waals surface area contributed by atoms with Crippen molar-refractivity contribution in [2.45, 2.75) is 216 Å². The molecule has 14 heterocycles. The molecule has 8 bridgehead atoms. The molecule has 0 aromatic heterocycles. The number of esters is 4. The van der Waals surface area contributed by atoms with Crippen LogP contribution in [0.15, 0.2) is 36.4 Å². The summed E-state index contributed by atoms with van der Waals surface area (Å²) >= 11 is 2.96. The molecule has 123 heavy (non-hydrogen) atoms. The molecular formula is C91H108N8O22S2. The summed E-state index contributed by atoms with van der Waals surface area (Å²) in [4.78, 5) is 78.7. The van der Waals surface area contributed by atoms with Gasteiger partial charge in [0.25, 0.3) is 0 Å². The Labute approximate surface area is 724 Å². The first kappa shape index (κ1) is 87.6. The van der Waals surface area contributed by atoms with Gasteiger partial charge in [-0.2, -0.15) is 10.5 Å². The van der Waals surface area contributed by atoms with Gasteiger partial charge in [0.2, 0.25) is 13.6 Å². The number of aryl methyl sites for hydroxylation is 2. The number of thioether (sulfide) groups is 2. The number of methoxy groups -OCH3 is 4. The largest absolute Gasteiger partial charge is 0.514 e. The number of fused-ring (bicyclic) bond motifs is 18.